The molecule has 2 saturated heterocycles. The van der Waals surface area contributed by atoms with Crippen molar-refractivity contribution in [2.24, 2.45) is 0 Å². The quantitative estimate of drug-likeness (QED) is 0.273. The van der Waals surface area contributed by atoms with Crippen LogP contribution in [-0.2, 0) is 24.3 Å². The molecular weight excluding hydrogens is 412 g/mol. The lowest BCUT2D eigenvalue weighted by molar-refractivity contribution is -0.139. The van der Waals surface area contributed by atoms with Gasteiger partial charge in [0, 0.05) is 18.6 Å². The molecule has 0 aromatic carbocycles. The molecule has 2 aliphatic rings. The van der Waals surface area contributed by atoms with E-state index in [1.165, 1.54) is 4.90 Å². The van der Waals surface area contributed by atoms with Gasteiger partial charge in [0.05, 0.1) is 12.6 Å². The number of hydroxylamine groups is 3. The highest BCUT2D eigenvalue weighted by molar-refractivity contribution is 7.80. The van der Waals surface area contributed by atoms with Crippen LogP contribution in [0.3, 0.4) is 0 Å². The van der Waals surface area contributed by atoms with Crippen LogP contribution in [0.15, 0.2) is 0 Å². The van der Waals surface area contributed by atoms with Crippen molar-refractivity contribution in [1.82, 2.24) is 20.3 Å². The predicted octanol–water partition coefficient (Wildman–Crippen LogP) is 0.206. The van der Waals surface area contributed by atoms with Crippen LogP contribution in [0.4, 0.5) is 9.59 Å². The Morgan fingerprint density at radius 1 is 1.31 bits per heavy atom. The number of carbonyl (C=O) groups is 3. The van der Waals surface area contributed by atoms with Crippen molar-refractivity contribution in [2.75, 3.05) is 19.7 Å². The summed E-state index contributed by atoms with van der Waals surface area (Å²) in [6, 6.07) is -2.31. The smallest absolute Gasteiger partial charge is 0.418 e. The van der Waals surface area contributed by atoms with Crippen LogP contribution >= 0.6 is 0 Å². The van der Waals surface area contributed by atoms with Gasteiger partial charge in [0.25, 0.3) is 5.91 Å². The van der Waals surface area contributed by atoms with Crippen molar-refractivity contribution in [3.63, 3.8) is 0 Å². The molecule has 14 heteroatoms. The van der Waals surface area contributed by atoms with E-state index in [1.807, 2.05) is 0 Å². The molecular formula is C15H26N4O9S. The molecule has 2 aliphatic heterocycles. The number of hydrogen-bond donors (Lipinski definition) is 3. The summed E-state index contributed by atoms with van der Waals surface area (Å²) in [4.78, 5) is 43.3. The maximum atomic E-state index is 12.3. The zero-order valence-corrected chi connectivity index (χ0v) is 17.2. The van der Waals surface area contributed by atoms with Crippen LogP contribution in [0.25, 0.3) is 0 Å². The Bertz CT molecular complexity index is 751. The van der Waals surface area contributed by atoms with E-state index in [4.69, 9.17) is 9.39 Å². The van der Waals surface area contributed by atoms with Crippen LogP contribution in [0.2, 0.25) is 0 Å². The molecule has 0 spiro atoms. The molecule has 4 amide bonds. The van der Waals surface area contributed by atoms with Gasteiger partial charge in [0.2, 0.25) is 0 Å². The molecule has 0 aromatic rings. The van der Waals surface area contributed by atoms with Gasteiger partial charge in [0.15, 0.2) is 0 Å². The minimum absolute atomic E-state index is 0.0624. The van der Waals surface area contributed by atoms with E-state index in [2.05, 4.69) is 9.76 Å². The first kappa shape index (κ1) is 23.1. The third kappa shape index (κ3) is 5.91. The number of fused-ring (bicyclic) bond motifs is 2. The normalized spacial score (nSPS) is 22.0. The van der Waals surface area contributed by atoms with E-state index in [9.17, 15) is 27.9 Å². The molecule has 0 aliphatic carbocycles. The zero-order valence-electron chi connectivity index (χ0n) is 16.4. The number of carbonyl (C=O) groups excluding carboxylic acids is 2. The van der Waals surface area contributed by atoms with Crippen LogP contribution in [0.1, 0.15) is 40.0 Å². The summed E-state index contributed by atoms with van der Waals surface area (Å²) in [5.41, 5.74) is 1.67. The lowest BCUT2D eigenvalue weighted by Gasteiger charge is -2.33. The summed E-state index contributed by atoms with van der Waals surface area (Å²) in [5.74, 6) is -0.587. The molecule has 13 nitrogen and oxygen atoms in total. The van der Waals surface area contributed by atoms with Crippen molar-refractivity contribution in [1.29, 1.82) is 0 Å². The number of urea groups is 1. The van der Waals surface area contributed by atoms with Gasteiger partial charge >= 0.3 is 22.5 Å². The molecule has 3 N–H and O–H groups in total. The minimum Gasteiger partial charge on any atom is -0.465 e. The van der Waals surface area contributed by atoms with Gasteiger partial charge in [-0.05, 0) is 40.0 Å². The van der Waals surface area contributed by atoms with Gasteiger partial charge < -0.3 is 14.9 Å². The summed E-state index contributed by atoms with van der Waals surface area (Å²) in [6.45, 7) is 5.65. The maximum absolute atomic E-state index is 12.3. The number of carboxylic acid groups (broad SMARTS) is 1. The van der Waals surface area contributed by atoms with Crippen LogP contribution < -0.4 is 5.48 Å². The Morgan fingerprint density at radius 2 is 1.97 bits per heavy atom. The van der Waals surface area contributed by atoms with Gasteiger partial charge in [-0.15, -0.1) is 4.28 Å². The van der Waals surface area contributed by atoms with E-state index < -0.39 is 46.1 Å². The second kappa shape index (κ2) is 8.69. The fourth-order valence-electron chi connectivity index (χ4n) is 3.31. The standard InChI is InChI=1S/C15H26N4O9S/c1-15(2,3)18(14(22)23)7-4-8-27-16-12(20)11-6-5-10-9-17(11)13(21)19(10)28-29(24,25)26/h10-11H,4-9H2,1-3H3,(H,16,20)(H,22,23)(H,24,25,26)/t10-,11+/m1/s1. The van der Waals surface area contributed by atoms with Gasteiger partial charge in [0.1, 0.15) is 6.04 Å². The van der Waals surface area contributed by atoms with E-state index in [1.54, 1.807) is 20.8 Å². The van der Waals surface area contributed by atoms with E-state index >= 15 is 0 Å². The number of rotatable bonds is 8. The lowest BCUT2D eigenvalue weighted by atomic mass is 10.0. The minimum atomic E-state index is -4.85. The number of hydrogen-bond acceptors (Lipinski definition) is 7. The average molecular weight is 438 g/mol. The molecule has 166 valence electrons. The Balaban J connectivity index is 1.81. The summed E-state index contributed by atoms with van der Waals surface area (Å²) >= 11 is 0. The summed E-state index contributed by atoms with van der Waals surface area (Å²) < 4.78 is 34.8. The van der Waals surface area contributed by atoms with Gasteiger partial charge in [-0.2, -0.15) is 13.5 Å². The summed E-state index contributed by atoms with van der Waals surface area (Å²) in [7, 11) is -4.85. The number of nitrogens with zero attached hydrogens (tertiary/aromatic N) is 3. The maximum Gasteiger partial charge on any atom is 0.418 e. The third-order valence-corrected chi connectivity index (χ3v) is 4.99. The van der Waals surface area contributed by atoms with Crippen molar-refractivity contribution >= 4 is 28.4 Å². The first-order valence-electron chi connectivity index (χ1n) is 9.00. The first-order valence-corrected chi connectivity index (χ1v) is 10.4. The molecule has 0 radical (unpaired) electrons. The third-order valence-electron chi connectivity index (χ3n) is 4.64. The van der Waals surface area contributed by atoms with Crippen molar-refractivity contribution in [3.8, 4) is 0 Å². The zero-order chi connectivity index (χ0) is 22.0. The van der Waals surface area contributed by atoms with Crippen LogP contribution in [0, 0.1) is 0 Å². The molecule has 2 rings (SSSR count). The van der Waals surface area contributed by atoms with E-state index in [0.717, 1.165) is 4.90 Å². The van der Waals surface area contributed by atoms with E-state index in [0.29, 0.717) is 17.9 Å². The Labute approximate surface area is 168 Å². The average Bonchev–Trinajstić information content (AvgIpc) is 2.80. The van der Waals surface area contributed by atoms with Gasteiger partial charge in [-0.3, -0.25) is 14.2 Å². The van der Waals surface area contributed by atoms with Crippen molar-refractivity contribution in [3.05, 3.63) is 0 Å². The van der Waals surface area contributed by atoms with Gasteiger partial charge in [-0.1, -0.05) is 0 Å². The fraction of sp³-hybridized carbons (Fsp3) is 0.800. The molecule has 29 heavy (non-hydrogen) atoms. The highest BCUT2D eigenvalue weighted by Gasteiger charge is 2.49. The molecule has 2 atom stereocenters. The molecule has 0 saturated carbocycles. The van der Waals surface area contributed by atoms with E-state index in [-0.39, 0.29) is 26.1 Å². The predicted molar refractivity (Wildman–Crippen MR) is 96.6 cm³/mol. The SMILES string of the molecule is CC(C)(C)N(CCCONC(=O)[C@@H]1CC[C@@H]2CN1C(=O)N2OS(=O)(=O)O)C(=O)O. The molecule has 2 fully saturated rings. The Morgan fingerprint density at radius 3 is 2.52 bits per heavy atom. The largest absolute Gasteiger partial charge is 0.465 e. The monoisotopic (exact) mass is 438 g/mol. The number of nitrogens with one attached hydrogen (secondary N) is 1. The first-order chi connectivity index (χ1) is 13.3. The second-order valence-corrected chi connectivity index (χ2v) is 8.79. The number of amides is 4. The fourth-order valence-corrected chi connectivity index (χ4v) is 3.70. The second-order valence-electron chi connectivity index (χ2n) is 7.78. The topological polar surface area (TPSA) is 166 Å². The molecule has 0 unspecified atom stereocenters. The van der Waals surface area contributed by atoms with Crippen LogP contribution in [0.5, 0.6) is 0 Å². The van der Waals surface area contributed by atoms with Gasteiger partial charge in [-0.25, -0.2) is 15.1 Å². The molecule has 2 heterocycles. The summed E-state index contributed by atoms with van der Waals surface area (Å²) in [5, 5.41) is 9.76. The molecule has 2 bridgehead atoms. The highest BCUT2D eigenvalue weighted by Crippen LogP contribution is 2.30. The summed E-state index contributed by atoms with van der Waals surface area (Å²) in [6.07, 6.45) is -0.152. The highest BCUT2D eigenvalue weighted by atomic mass is 32.3. The Kier molecular flexibility index (Phi) is 6.93. The van der Waals surface area contributed by atoms with Crippen molar-refractivity contribution < 1.29 is 41.6 Å². The Hall–Kier alpha value is -2.16. The lowest BCUT2D eigenvalue weighted by Crippen LogP contribution is -2.50. The van der Waals surface area contributed by atoms with Crippen molar-refractivity contribution in [2.45, 2.75) is 57.7 Å². The van der Waals surface area contributed by atoms with Crippen LogP contribution in [-0.4, -0.2) is 88.3 Å². The molecule has 0 aromatic heterocycles. The number of piperidine rings is 1.